The van der Waals surface area contributed by atoms with Crippen molar-refractivity contribution in [2.75, 3.05) is 6.54 Å². The van der Waals surface area contributed by atoms with Gasteiger partial charge in [-0.05, 0) is 62.0 Å². The van der Waals surface area contributed by atoms with Gasteiger partial charge in [0.05, 0.1) is 4.34 Å². The molecule has 4 heteroatoms. The molecule has 2 aliphatic carbocycles. The molecule has 1 aromatic rings. The van der Waals surface area contributed by atoms with Gasteiger partial charge in [0, 0.05) is 17.8 Å². The maximum atomic E-state index is 11.8. The summed E-state index contributed by atoms with van der Waals surface area (Å²) < 4.78 is 0.802. The predicted molar refractivity (Wildman–Crippen MR) is 84.2 cm³/mol. The van der Waals surface area contributed by atoms with Gasteiger partial charge in [-0.15, -0.1) is 11.3 Å². The van der Waals surface area contributed by atoms with Crippen LogP contribution in [-0.4, -0.2) is 12.5 Å². The number of carbonyl (C=O) groups is 1. The molecule has 110 valence electrons. The van der Waals surface area contributed by atoms with Crippen LogP contribution in [0.2, 0.25) is 4.34 Å². The second-order valence-electron chi connectivity index (χ2n) is 6.28. The van der Waals surface area contributed by atoms with Crippen molar-refractivity contribution < 1.29 is 4.79 Å². The van der Waals surface area contributed by atoms with Crippen LogP contribution < -0.4 is 5.32 Å². The fourth-order valence-electron chi connectivity index (χ4n) is 3.94. The molecule has 2 saturated carbocycles. The molecular formula is C16H22ClNOS. The Hall–Kier alpha value is -0.540. The van der Waals surface area contributed by atoms with E-state index in [0.29, 0.717) is 6.42 Å². The summed E-state index contributed by atoms with van der Waals surface area (Å²) in [6.07, 6.45) is 8.31. The number of halogens is 1. The summed E-state index contributed by atoms with van der Waals surface area (Å²) in [7, 11) is 0. The summed E-state index contributed by atoms with van der Waals surface area (Å²) in [6.45, 7) is 0.859. The van der Waals surface area contributed by atoms with Gasteiger partial charge in [0.2, 0.25) is 5.91 Å². The number of fused-ring (bicyclic) bond motifs is 2. The van der Waals surface area contributed by atoms with Crippen molar-refractivity contribution in [2.24, 2.45) is 17.8 Å². The lowest BCUT2D eigenvalue weighted by atomic mass is 9.86. The molecule has 1 N–H and O–H groups in total. The van der Waals surface area contributed by atoms with E-state index in [1.165, 1.54) is 37.0 Å². The SMILES string of the molecule is O=C(CCc1ccc(Cl)s1)NCCC1CC2CCC1C2. The minimum absolute atomic E-state index is 0.178. The molecule has 3 atom stereocenters. The molecule has 3 rings (SSSR count). The van der Waals surface area contributed by atoms with Gasteiger partial charge < -0.3 is 5.32 Å². The molecule has 3 unspecified atom stereocenters. The third-order valence-corrected chi connectivity index (χ3v) is 6.24. The zero-order valence-corrected chi connectivity index (χ0v) is 13.3. The Morgan fingerprint density at radius 1 is 1.35 bits per heavy atom. The number of amides is 1. The lowest BCUT2D eigenvalue weighted by Crippen LogP contribution is -2.27. The lowest BCUT2D eigenvalue weighted by molar-refractivity contribution is -0.121. The molecule has 1 heterocycles. The molecule has 0 saturated heterocycles. The molecule has 0 aliphatic heterocycles. The molecule has 0 radical (unpaired) electrons. The molecule has 2 fully saturated rings. The highest BCUT2D eigenvalue weighted by atomic mass is 35.5. The topological polar surface area (TPSA) is 29.1 Å². The Morgan fingerprint density at radius 2 is 2.25 bits per heavy atom. The normalized spacial score (nSPS) is 27.9. The molecule has 0 spiro atoms. The largest absolute Gasteiger partial charge is 0.356 e. The highest BCUT2D eigenvalue weighted by Gasteiger charge is 2.38. The molecule has 2 aliphatic rings. The number of nitrogens with one attached hydrogen (secondary N) is 1. The van der Waals surface area contributed by atoms with E-state index in [4.69, 9.17) is 11.6 Å². The molecule has 20 heavy (non-hydrogen) atoms. The molecule has 1 aromatic heterocycles. The summed E-state index contributed by atoms with van der Waals surface area (Å²) >= 11 is 7.45. The monoisotopic (exact) mass is 311 g/mol. The number of thiophene rings is 1. The summed E-state index contributed by atoms with van der Waals surface area (Å²) in [6, 6.07) is 3.91. The standard InChI is InChI=1S/C16H22ClNOS/c17-15-5-3-14(20-15)4-6-16(19)18-8-7-13-10-11-1-2-12(13)9-11/h3,5,11-13H,1-2,4,6-10H2,(H,18,19). The minimum Gasteiger partial charge on any atom is -0.356 e. The van der Waals surface area contributed by atoms with Gasteiger partial charge >= 0.3 is 0 Å². The van der Waals surface area contributed by atoms with E-state index < -0.39 is 0 Å². The predicted octanol–water partition coefficient (Wildman–Crippen LogP) is 4.28. The first-order valence-electron chi connectivity index (χ1n) is 7.71. The minimum atomic E-state index is 0.178. The third kappa shape index (κ3) is 3.56. The maximum Gasteiger partial charge on any atom is 0.220 e. The van der Waals surface area contributed by atoms with Crippen LogP contribution in [-0.2, 0) is 11.2 Å². The first-order chi connectivity index (χ1) is 9.70. The van der Waals surface area contributed by atoms with E-state index in [9.17, 15) is 4.79 Å². The molecule has 2 nitrogen and oxygen atoms in total. The number of hydrogen-bond acceptors (Lipinski definition) is 2. The zero-order chi connectivity index (χ0) is 13.9. The van der Waals surface area contributed by atoms with Crippen molar-refractivity contribution in [3.63, 3.8) is 0 Å². The van der Waals surface area contributed by atoms with Crippen molar-refractivity contribution in [1.29, 1.82) is 0 Å². The zero-order valence-electron chi connectivity index (χ0n) is 11.7. The number of rotatable bonds is 6. The Labute approximate surface area is 129 Å². The summed E-state index contributed by atoms with van der Waals surface area (Å²) in [5.74, 6) is 3.03. The van der Waals surface area contributed by atoms with Gasteiger partial charge in [-0.2, -0.15) is 0 Å². The van der Waals surface area contributed by atoms with Crippen LogP contribution in [0, 0.1) is 17.8 Å². The van der Waals surface area contributed by atoms with Crippen molar-refractivity contribution in [3.8, 4) is 0 Å². The van der Waals surface area contributed by atoms with Gasteiger partial charge in [-0.25, -0.2) is 0 Å². The van der Waals surface area contributed by atoms with Gasteiger partial charge in [-0.3, -0.25) is 4.79 Å². The van der Waals surface area contributed by atoms with E-state index >= 15 is 0 Å². The molecule has 1 amide bonds. The van der Waals surface area contributed by atoms with E-state index in [1.54, 1.807) is 11.3 Å². The number of hydrogen-bond donors (Lipinski definition) is 1. The van der Waals surface area contributed by atoms with Crippen LogP contribution in [0.1, 0.15) is 43.4 Å². The average molecular weight is 312 g/mol. The van der Waals surface area contributed by atoms with Gasteiger partial charge in [0.1, 0.15) is 0 Å². The van der Waals surface area contributed by atoms with E-state index in [-0.39, 0.29) is 5.91 Å². The Kier molecular flexibility index (Phi) is 4.67. The average Bonchev–Trinajstić information content (AvgIpc) is 3.13. The highest BCUT2D eigenvalue weighted by Crippen LogP contribution is 2.49. The van der Waals surface area contributed by atoms with E-state index in [0.717, 1.165) is 35.1 Å². The maximum absolute atomic E-state index is 11.8. The second-order valence-corrected chi connectivity index (χ2v) is 8.08. The quantitative estimate of drug-likeness (QED) is 0.835. The number of aryl methyl sites for hydroxylation is 1. The van der Waals surface area contributed by atoms with Crippen molar-refractivity contribution >= 4 is 28.8 Å². The third-order valence-electron chi connectivity index (χ3n) is 4.95. The number of carbonyl (C=O) groups excluding carboxylic acids is 1. The fraction of sp³-hybridized carbons (Fsp3) is 0.688. The van der Waals surface area contributed by atoms with Gasteiger partial charge in [0.25, 0.3) is 0 Å². The van der Waals surface area contributed by atoms with Crippen LogP contribution in [0.4, 0.5) is 0 Å². The Bertz CT molecular complexity index is 473. The van der Waals surface area contributed by atoms with Crippen LogP contribution in [0.15, 0.2) is 12.1 Å². The van der Waals surface area contributed by atoms with Crippen LogP contribution >= 0.6 is 22.9 Å². The second kappa shape index (κ2) is 6.48. The first-order valence-corrected chi connectivity index (χ1v) is 8.91. The van der Waals surface area contributed by atoms with Crippen molar-refractivity contribution in [3.05, 3.63) is 21.3 Å². The first kappa shape index (κ1) is 14.4. The Morgan fingerprint density at radius 3 is 2.90 bits per heavy atom. The van der Waals surface area contributed by atoms with E-state index in [1.807, 2.05) is 12.1 Å². The van der Waals surface area contributed by atoms with Gasteiger partial charge in [-0.1, -0.05) is 18.0 Å². The Balaban J connectivity index is 1.31. The lowest BCUT2D eigenvalue weighted by Gasteiger charge is -2.21. The van der Waals surface area contributed by atoms with Crippen LogP contribution in [0.3, 0.4) is 0 Å². The summed E-state index contributed by atoms with van der Waals surface area (Å²) in [5, 5.41) is 3.08. The van der Waals surface area contributed by atoms with Crippen LogP contribution in [0.25, 0.3) is 0 Å². The summed E-state index contributed by atoms with van der Waals surface area (Å²) in [4.78, 5) is 13.0. The highest BCUT2D eigenvalue weighted by molar-refractivity contribution is 7.16. The fourth-order valence-corrected chi connectivity index (χ4v) is 5.03. The van der Waals surface area contributed by atoms with Crippen molar-refractivity contribution in [2.45, 2.75) is 44.9 Å². The van der Waals surface area contributed by atoms with E-state index in [2.05, 4.69) is 5.32 Å². The van der Waals surface area contributed by atoms with Gasteiger partial charge in [0.15, 0.2) is 0 Å². The smallest absolute Gasteiger partial charge is 0.220 e. The molecule has 2 bridgehead atoms. The van der Waals surface area contributed by atoms with Crippen molar-refractivity contribution in [1.82, 2.24) is 5.32 Å². The van der Waals surface area contributed by atoms with Crippen LogP contribution in [0.5, 0.6) is 0 Å². The molecule has 0 aromatic carbocycles. The molecular weight excluding hydrogens is 290 g/mol. The summed E-state index contributed by atoms with van der Waals surface area (Å²) in [5.41, 5.74) is 0.